The molecule has 1 amide bonds. The van der Waals surface area contributed by atoms with Crippen molar-refractivity contribution in [1.29, 1.82) is 0 Å². The zero-order valence-corrected chi connectivity index (χ0v) is 11.6. The predicted molar refractivity (Wildman–Crippen MR) is 66.2 cm³/mol. The lowest BCUT2D eigenvalue weighted by atomic mass is 10.1. The highest BCUT2D eigenvalue weighted by Crippen LogP contribution is 2.00. The third-order valence-corrected chi connectivity index (χ3v) is 2.67. The average molecular weight is 269 g/mol. The summed E-state index contributed by atoms with van der Waals surface area (Å²) in [6.07, 6.45) is 0. The minimum Gasteiger partial charge on any atom is -0.460 e. The van der Waals surface area contributed by atoms with Crippen LogP contribution in [0.3, 0.4) is 0 Å². The first kappa shape index (κ1) is 15.1. The maximum atomic E-state index is 11.8. The van der Waals surface area contributed by atoms with Gasteiger partial charge in [-0.1, -0.05) is 13.8 Å². The lowest BCUT2D eigenvalue weighted by Gasteiger charge is -2.17. The lowest BCUT2D eigenvalue weighted by molar-refractivity contribution is -0.122. The number of nitrogens with zero attached hydrogens (tertiary/aromatic N) is 4. The second kappa shape index (κ2) is 6.81. The average Bonchev–Trinajstić information content (AvgIpc) is 2.77. The number of nitrogens with one attached hydrogen (secondary N) is 1. The Morgan fingerprint density at radius 2 is 2.05 bits per heavy atom. The summed E-state index contributed by atoms with van der Waals surface area (Å²) in [6, 6.07) is 0.0371. The molecular formula is C11H19N5O3. The Balaban J connectivity index is 2.65. The van der Waals surface area contributed by atoms with Gasteiger partial charge in [0.1, 0.15) is 6.54 Å². The molecule has 0 saturated carbocycles. The molecule has 19 heavy (non-hydrogen) atoms. The fraction of sp³-hybridized carbons (Fsp3) is 0.727. The van der Waals surface area contributed by atoms with Gasteiger partial charge in [-0.15, -0.1) is 5.10 Å². The normalized spacial score (nSPS) is 12.3. The van der Waals surface area contributed by atoms with Crippen LogP contribution in [-0.2, 0) is 16.1 Å². The van der Waals surface area contributed by atoms with Gasteiger partial charge >= 0.3 is 5.97 Å². The number of carbonyl (C=O) groups is 2. The fourth-order valence-electron chi connectivity index (χ4n) is 1.26. The molecular weight excluding hydrogens is 250 g/mol. The molecule has 0 saturated heterocycles. The van der Waals surface area contributed by atoms with Crippen molar-refractivity contribution < 1.29 is 14.3 Å². The largest absolute Gasteiger partial charge is 0.460 e. The van der Waals surface area contributed by atoms with Crippen LogP contribution >= 0.6 is 0 Å². The number of ether oxygens (including phenoxy) is 1. The van der Waals surface area contributed by atoms with Crippen molar-refractivity contribution in [3.8, 4) is 0 Å². The maximum absolute atomic E-state index is 11.8. The molecule has 106 valence electrons. The SMILES string of the molecule is CCOC(=O)c1nnnn1CC(=O)NC(C)C(C)C. The molecule has 0 aliphatic carbocycles. The van der Waals surface area contributed by atoms with E-state index in [-0.39, 0.29) is 30.9 Å². The van der Waals surface area contributed by atoms with E-state index in [0.29, 0.717) is 5.92 Å². The van der Waals surface area contributed by atoms with E-state index in [9.17, 15) is 9.59 Å². The number of aromatic nitrogens is 4. The van der Waals surface area contributed by atoms with E-state index in [2.05, 4.69) is 20.8 Å². The number of rotatable bonds is 6. The van der Waals surface area contributed by atoms with Crippen LogP contribution in [0.2, 0.25) is 0 Å². The first-order valence-electron chi connectivity index (χ1n) is 6.18. The van der Waals surface area contributed by atoms with Crippen molar-refractivity contribution in [2.45, 2.75) is 40.3 Å². The Hall–Kier alpha value is -1.99. The van der Waals surface area contributed by atoms with E-state index in [1.165, 1.54) is 0 Å². The molecule has 8 nitrogen and oxygen atoms in total. The van der Waals surface area contributed by atoms with Crippen molar-refractivity contribution >= 4 is 11.9 Å². The molecule has 1 N–H and O–H groups in total. The van der Waals surface area contributed by atoms with Crippen LogP contribution in [-0.4, -0.2) is 44.7 Å². The highest BCUT2D eigenvalue weighted by molar-refractivity contribution is 5.86. The second-order valence-corrected chi connectivity index (χ2v) is 4.48. The molecule has 1 aromatic rings. The van der Waals surface area contributed by atoms with Crippen LogP contribution in [0.4, 0.5) is 0 Å². The molecule has 0 aliphatic rings. The first-order valence-corrected chi connectivity index (χ1v) is 6.18. The summed E-state index contributed by atoms with van der Waals surface area (Å²) in [4.78, 5) is 23.3. The van der Waals surface area contributed by atoms with Gasteiger partial charge in [-0.3, -0.25) is 4.79 Å². The van der Waals surface area contributed by atoms with E-state index in [0.717, 1.165) is 4.68 Å². The van der Waals surface area contributed by atoms with Crippen LogP contribution in [0.1, 0.15) is 38.3 Å². The predicted octanol–water partition coefficient (Wildman–Crippen LogP) is 0.0105. The van der Waals surface area contributed by atoms with Crippen molar-refractivity contribution in [2.24, 2.45) is 5.92 Å². The van der Waals surface area contributed by atoms with Crippen LogP contribution in [0.15, 0.2) is 0 Å². The van der Waals surface area contributed by atoms with Crippen molar-refractivity contribution in [3.05, 3.63) is 5.82 Å². The van der Waals surface area contributed by atoms with Gasteiger partial charge in [-0.25, -0.2) is 9.48 Å². The van der Waals surface area contributed by atoms with Gasteiger partial charge in [0.2, 0.25) is 5.91 Å². The Labute approximate surface area is 111 Å². The molecule has 0 radical (unpaired) electrons. The highest BCUT2D eigenvalue weighted by Gasteiger charge is 2.19. The van der Waals surface area contributed by atoms with E-state index < -0.39 is 5.97 Å². The van der Waals surface area contributed by atoms with E-state index in [1.807, 2.05) is 20.8 Å². The molecule has 1 unspecified atom stereocenters. The van der Waals surface area contributed by atoms with Gasteiger partial charge in [-0.2, -0.15) is 0 Å². The van der Waals surface area contributed by atoms with Crippen molar-refractivity contribution in [1.82, 2.24) is 25.5 Å². The summed E-state index contributed by atoms with van der Waals surface area (Å²) in [6.45, 7) is 7.72. The molecule has 0 aliphatic heterocycles. The number of hydrogen-bond donors (Lipinski definition) is 1. The number of hydrogen-bond acceptors (Lipinski definition) is 6. The molecule has 1 aromatic heterocycles. The van der Waals surface area contributed by atoms with Crippen LogP contribution in [0.5, 0.6) is 0 Å². The summed E-state index contributed by atoms with van der Waals surface area (Å²) in [5, 5.41) is 13.3. The number of tetrazole rings is 1. The second-order valence-electron chi connectivity index (χ2n) is 4.48. The molecule has 0 aromatic carbocycles. The third kappa shape index (κ3) is 4.31. The summed E-state index contributed by atoms with van der Waals surface area (Å²) in [5.41, 5.74) is 0. The number of carbonyl (C=O) groups excluding carboxylic acids is 2. The minimum absolute atomic E-state index is 0.0371. The van der Waals surface area contributed by atoms with Gasteiger partial charge in [0.05, 0.1) is 6.61 Å². The molecule has 0 bridgehead atoms. The van der Waals surface area contributed by atoms with Gasteiger partial charge < -0.3 is 10.1 Å². The molecule has 1 rings (SSSR count). The number of amides is 1. The van der Waals surface area contributed by atoms with E-state index >= 15 is 0 Å². The van der Waals surface area contributed by atoms with Crippen LogP contribution in [0.25, 0.3) is 0 Å². The monoisotopic (exact) mass is 269 g/mol. The zero-order chi connectivity index (χ0) is 14.4. The van der Waals surface area contributed by atoms with E-state index in [1.54, 1.807) is 6.92 Å². The standard InChI is InChI=1S/C11H19N5O3/c1-5-19-11(18)10-13-14-15-16(10)6-9(17)12-8(4)7(2)3/h7-8H,5-6H2,1-4H3,(H,12,17). The number of esters is 1. The Kier molecular flexibility index (Phi) is 5.40. The molecule has 1 heterocycles. The molecule has 0 spiro atoms. The first-order chi connectivity index (χ1) is 8.95. The summed E-state index contributed by atoms with van der Waals surface area (Å²) >= 11 is 0. The van der Waals surface area contributed by atoms with Crippen LogP contribution in [0, 0.1) is 5.92 Å². The van der Waals surface area contributed by atoms with Gasteiger partial charge in [0, 0.05) is 6.04 Å². The lowest BCUT2D eigenvalue weighted by Crippen LogP contribution is -2.38. The Morgan fingerprint density at radius 3 is 2.63 bits per heavy atom. The molecule has 1 atom stereocenters. The quantitative estimate of drug-likeness (QED) is 0.730. The summed E-state index contributed by atoms with van der Waals surface area (Å²) in [7, 11) is 0. The van der Waals surface area contributed by atoms with Crippen molar-refractivity contribution in [2.75, 3.05) is 6.61 Å². The summed E-state index contributed by atoms with van der Waals surface area (Å²) in [5.74, 6) is -0.646. The smallest absolute Gasteiger partial charge is 0.378 e. The molecule has 0 fully saturated rings. The van der Waals surface area contributed by atoms with E-state index in [4.69, 9.17) is 4.74 Å². The van der Waals surface area contributed by atoms with Gasteiger partial charge in [-0.05, 0) is 30.2 Å². The fourth-order valence-corrected chi connectivity index (χ4v) is 1.26. The third-order valence-electron chi connectivity index (χ3n) is 2.67. The van der Waals surface area contributed by atoms with Crippen LogP contribution < -0.4 is 5.32 Å². The maximum Gasteiger partial charge on any atom is 0.378 e. The Morgan fingerprint density at radius 1 is 1.37 bits per heavy atom. The topological polar surface area (TPSA) is 99.0 Å². The molecule has 8 heteroatoms. The van der Waals surface area contributed by atoms with Gasteiger partial charge in [0.25, 0.3) is 5.82 Å². The highest BCUT2D eigenvalue weighted by atomic mass is 16.5. The van der Waals surface area contributed by atoms with Gasteiger partial charge in [0.15, 0.2) is 0 Å². The van der Waals surface area contributed by atoms with Crippen molar-refractivity contribution in [3.63, 3.8) is 0 Å². The summed E-state index contributed by atoms with van der Waals surface area (Å²) < 4.78 is 5.92. The zero-order valence-electron chi connectivity index (χ0n) is 11.6. The minimum atomic E-state index is -0.641. The Bertz CT molecular complexity index is 443.